The molecule has 0 fully saturated rings. The molecule has 0 saturated heterocycles. The minimum Gasteiger partial charge on any atom is -0.489 e. The van der Waals surface area contributed by atoms with Gasteiger partial charge in [-0.3, -0.25) is 0 Å². The zero-order valence-corrected chi connectivity index (χ0v) is 22.8. The van der Waals surface area contributed by atoms with Crippen LogP contribution in [0.3, 0.4) is 0 Å². The Morgan fingerprint density at radius 2 is 1.15 bits per heavy atom. The number of para-hydroxylation sites is 1. The molecule has 4 rings (SSSR count). The molecule has 5 nitrogen and oxygen atoms in total. The summed E-state index contributed by atoms with van der Waals surface area (Å²) >= 11 is 0. The monoisotopic (exact) mass is 521 g/mol. The molecule has 0 aliphatic carbocycles. The van der Waals surface area contributed by atoms with Crippen molar-refractivity contribution in [3.63, 3.8) is 0 Å². The first-order valence-corrected chi connectivity index (χ1v) is 13.9. The van der Waals surface area contributed by atoms with Crippen LogP contribution in [0, 0.1) is 0 Å². The molecule has 2 amide bonds. The summed E-state index contributed by atoms with van der Waals surface area (Å²) < 4.78 is 5.90. The van der Waals surface area contributed by atoms with Crippen molar-refractivity contribution in [2.45, 2.75) is 39.2 Å². The second-order valence-electron chi connectivity index (χ2n) is 9.70. The molecule has 0 atom stereocenters. The normalized spacial score (nSPS) is 10.8. The quantitative estimate of drug-likeness (QED) is 0.178. The molecular weight excluding hydrogens is 482 g/mol. The lowest BCUT2D eigenvalue weighted by atomic mass is 10.1. The Hall–Kier alpha value is -4.09. The Morgan fingerprint density at radius 3 is 1.72 bits per heavy atom. The van der Waals surface area contributed by atoms with E-state index < -0.39 is 0 Å². The number of rotatable bonds is 14. The van der Waals surface area contributed by atoms with E-state index >= 15 is 0 Å². The lowest BCUT2D eigenvalue weighted by Gasteiger charge is -2.20. The summed E-state index contributed by atoms with van der Waals surface area (Å²) in [5, 5.41) is 5.73. The van der Waals surface area contributed by atoms with E-state index in [2.05, 4.69) is 71.0 Å². The van der Waals surface area contributed by atoms with E-state index in [1.54, 1.807) is 0 Å². The van der Waals surface area contributed by atoms with Gasteiger partial charge in [0.25, 0.3) is 0 Å². The van der Waals surface area contributed by atoms with Crippen molar-refractivity contribution in [2.24, 2.45) is 0 Å². The summed E-state index contributed by atoms with van der Waals surface area (Å²) in [6.07, 6.45) is 4.35. The molecule has 39 heavy (non-hydrogen) atoms. The molecule has 0 bridgehead atoms. The van der Waals surface area contributed by atoms with Gasteiger partial charge in [-0.25, -0.2) is 4.79 Å². The number of amides is 2. The van der Waals surface area contributed by atoms with Crippen molar-refractivity contribution in [3.05, 3.63) is 126 Å². The van der Waals surface area contributed by atoms with E-state index in [1.165, 1.54) is 16.7 Å². The number of hydrogen-bond acceptors (Lipinski definition) is 3. The average Bonchev–Trinajstić information content (AvgIpc) is 2.98. The van der Waals surface area contributed by atoms with Gasteiger partial charge in [-0.2, -0.15) is 0 Å². The summed E-state index contributed by atoms with van der Waals surface area (Å²) in [6.45, 7) is 6.08. The summed E-state index contributed by atoms with van der Waals surface area (Å²) in [7, 11) is 0. The number of nitrogens with zero attached hydrogens (tertiary/aromatic N) is 1. The molecule has 0 aliphatic rings. The van der Waals surface area contributed by atoms with E-state index in [4.69, 9.17) is 4.74 Å². The van der Waals surface area contributed by atoms with Gasteiger partial charge in [0.1, 0.15) is 12.4 Å². The molecule has 4 aromatic carbocycles. The van der Waals surface area contributed by atoms with Crippen molar-refractivity contribution in [3.8, 4) is 5.75 Å². The zero-order chi connectivity index (χ0) is 27.1. The summed E-state index contributed by atoms with van der Waals surface area (Å²) in [4.78, 5) is 14.7. The third-order valence-electron chi connectivity index (χ3n) is 6.74. The van der Waals surface area contributed by atoms with Gasteiger partial charge in [0.15, 0.2) is 0 Å². The SMILES string of the molecule is CCN(CCCc1ccc(NC(=O)Nc2ccccc2)cc1)CCCc1ccc(OCc2ccccc2)cc1. The largest absolute Gasteiger partial charge is 0.489 e. The minimum atomic E-state index is -0.236. The molecule has 0 aliphatic heterocycles. The molecule has 202 valence electrons. The van der Waals surface area contributed by atoms with Crippen molar-refractivity contribution in [1.29, 1.82) is 0 Å². The van der Waals surface area contributed by atoms with Gasteiger partial charge >= 0.3 is 6.03 Å². The number of anilines is 2. The van der Waals surface area contributed by atoms with Crippen LogP contribution in [0.1, 0.15) is 36.5 Å². The average molecular weight is 522 g/mol. The fraction of sp³-hybridized carbons (Fsp3) is 0.265. The second-order valence-corrected chi connectivity index (χ2v) is 9.70. The molecule has 0 aromatic heterocycles. The molecule has 5 heteroatoms. The Morgan fingerprint density at radius 1 is 0.641 bits per heavy atom. The third kappa shape index (κ3) is 9.95. The van der Waals surface area contributed by atoms with Gasteiger partial charge in [0.05, 0.1) is 0 Å². The van der Waals surface area contributed by atoms with E-state index in [1.807, 2.05) is 60.7 Å². The maximum absolute atomic E-state index is 12.2. The number of benzene rings is 4. The number of nitrogens with one attached hydrogen (secondary N) is 2. The van der Waals surface area contributed by atoms with E-state index in [0.29, 0.717) is 6.61 Å². The van der Waals surface area contributed by atoms with Crippen molar-refractivity contribution >= 4 is 17.4 Å². The molecule has 0 unspecified atom stereocenters. The van der Waals surface area contributed by atoms with Crippen molar-refractivity contribution in [1.82, 2.24) is 4.90 Å². The van der Waals surface area contributed by atoms with Crippen LogP contribution in [-0.4, -0.2) is 30.6 Å². The number of urea groups is 1. The van der Waals surface area contributed by atoms with Crippen LogP contribution < -0.4 is 15.4 Å². The number of carbonyl (C=O) groups excluding carboxylic acids is 1. The first kappa shape index (κ1) is 27.9. The predicted octanol–water partition coefficient (Wildman–Crippen LogP) is 7.80. The Kier molecular flexibility index (Phi) is 11.0. The number of ether oxygens (including phenoxy) is 1. The lowest BCUT2D eigenvalue weighted by Crippen LogP contribution is -2.26. The molecule has 0 heterocycles. The van der Waals surface area contributed by atoms with Gasteiger partial charge in [-0.15, -0.1) is 0 Å². The Balaban J connectivity index is 1.11. The van der Waals surface area contributed by atoms with E-state index in [-0.39, 0.29) is 6.03 Å². The first-order chi connectivity index (χ1) is 19.2. The van der Waals surface area contributed by atoms with E-state index in [0.717, 1.165) is 62.4 Å². The Labute approximate surface area is 232 Å². The molecule has 2 N–H and O–H groups in total. The van der Waals surface area contributed by atoms with E-state index in [9.17, 15) is 4.79 Å². The lowest BCUT2D eigenvalue weighted by molar-refractivity contribution is 0.262. The third-order valence-corrected chi connectivity index (χ3v) is 6.74. The number of aryl methyl sites for hydroxylation is 2. The first-order valence-electron chi connectivity index (χ1n) is 13.9. The maximum atomic E-state index is 12.2. The zero-order valence-electron chi connectivity index (χ0n) is 22.8. The van der Waals surface area contributed by atoms with Crippen molar-refractivity contribution in [2.75, 3.05) is 30.3 Å². The predicted molar refractivity (Wildman–Crippen MR) is 161 cm³/mol. The van der Waals surface area contributed by atoms with Crippen LogP contribution in [0.5, 0.6) is 5.75 Å². The summed E-state index contributed by atoms with van der Waals surface area (Å²) in [5.74, 6) is 0.914. The van der Waals surface area contributed by atoms with Crippen LogP contribution in [0.4, 0.5) is 16.2 Å². The second kappa shape index (κ2) is 15.4. The summed E-state index contributed by atoms with van der Waals surface area (Å²) in [5.41, 5.74) is 5.38. The van der Waals surface area contributed by atoms with Gasteiger partial charge in [-0.05, 0) is 98.4 Å². The topological polar surface area (TPSA) is 53.6 Å². The number of hydrogen-bond donors (Lipinski definition) is 2. The van der Waals surface area contributed by atoms with Gasteiger partial charge in [0, 0.05) is 11.4 Å². The molecule has 0 radical (unpaired) electrons. The summed E-state index contributed by atoms with van der Waals surface area (Å²) in [6, 6.07) is 36.1. The van der Waals surface area contributed by atoms with Crippen molar-refractivity contribution < 1.29 is 9.53 Å². The Bertz CT molecular complexity index is 1240. The number of carbonyl (C=O) groups is 1. The van der Waals surface area contributed by atoms with Crippen LogP contribution >= 0.6 is 0 Å². The molecule has 0 spiro atoms. The minimum absolute atomic E-state index is 0.236. The fourth-order valence-corrected chi connectivity index (χ4v) is 4.50. The molecule has 4 aromatic rings. The highest BCUT2D eigenvalue weighted by atomic mass is 16.5. The van der Waals surface area contributed by atoms with Gasteiger partial charge < -0.3 is 20.3 Å². The fourth-order valence-electron chi connectivity index (χ4n) is 4.50. The van der Waals surface area contributed by atoms with Crippen LogP contribution in [0.15, 0.2) is 109 Å². The highest BCUT2D eigenvalue weighted by molar-refractivity contribution is 5.99. The maximum Gasteiger partial charge on any atom is 0.323 e. The highest BCUT2D eigenvalue weighted by Gasteiger charge is 2.05. The molecule has 0 saturated carbocycles. The van der Waals surface area contributed by atoms with Crippen LogP contribution in [0.2, 0.25) is 0 Å². The van der Waals surface area contributed by atoms with Gasteiger partial charge in [0.2, 0.25) is 0 Å². The van der Waals surface area contributed by atoms with Crippen LogP contribution in [0.25, 0.3) is 0 Å². The smallest absolute Gasteiger partial charge is 0.323 e. The highest BCUT2D eigenvalue weighted by Crippen LogP contribution is 2.16. The molecular formula is C34H39N3O2. The van der Waals surface area contributed by atoms with Gasteiger partial charge in [-0.1, -0.05) is 79.7 Å². The van der Waals surface area contributed by atoms with Crippen LogP contribution in [-0.2, 0) is 19.4 Å². The standard InChI is InChI=1S/C34H39N3O2/c1-2-37(26-10-14-29-19-23-33(24-20-29)39-27-30-11-5-3-6-12-30)25-9-13-28-17-21-32(22-18-28)36-34(38)35-31-15-7-4-8-16-31/h3-8,11-12,15-24H,2,9-10,13-14,25-27H2,1H3,(H2,35,36,38).